The summed E-state index contributed by atoms with van der Waals surface area (Å²) < 4.78 is 3.91. The lowest BCUT2D eigenvalue weighted by Gasteiger charge is -1.98. The minimum atomic E-state index is -1.57. The smallest absolute Gasteiger partial charge is 0.449 e. The Morgan fingerprint density at radius 2 is 1.93 bits per heavy atom. The van der Waals surface area contributed by atoms with Crippen molar-refractivity contribution >= 4 is 23.2 Å². The maximum absolute atomic E-state index is 10.8. The molecule has 74 valence electrons. The highest BCUT2D eigenvalue weighted by atomic mass is 32.2. The molecule has 1 aromatic rings. The first-order valence-electron chi connectivity index (χ1n) is 3.80. The van der Waals surface area contributed by atoms with E-state index in [4.69, 9.17) is 5.11 Å². The highest BCUT2D eigenvalue weighted by Crippen LogP contribution is 2.13. The summed E-state index contributed by atoms with van der Waals surface area (Å²) in [7, 11) is 0. The van der Waals surface area contributed by atoms with Crippen molar-refractivity contribution in [1.82, 2.24) is 0 Å². The summed E-state index contributed by atoms with van der Waals surface area (Å²) in [6, 6.07) is 9.25. The largest absolute Gasteiger partial charge is 0.514 e. The van der Waals surface area contributed by atoms with E-state index in [1.54, 1.807) is 0 Å². The first kappa shape index (κ1) is 10.6. The van der Waals surface area contributed by atoms with Crippen LogP contribution in [0.4, 0.5) is 9.59 Å². The number of hydrogen-bond acceptors (Lipinski definition) is 4. The summed E-state index contributed by atoms with van der Waals surface area (Å²) in [5.41, 5.74) is 0.944. The molecule has 4 nitrogen and oxygen atoms in total. The number of thioether (sulfide) groups is 1. The molecule has 0 saturated carbocycles. The van der Waals surface area contributed by atoms with E-state index in [1.165, 1.54) is 0 Å². The average molecular weight is 212 g/mol. The average Bonchev–Trinajstić information content (AvgIpc) is 2.15. The first-order chi connectivity index (χ1) is 6.68. The minimum absolute atomic E-state index is 0.410. The Bertz CT molecular complexity index is 323. The van der Waals surface area contributed by atoms with Crippen LogP contribution in [0.3, 0.4) is 0 Å². The molecular formula is C9H8O4S. The van der Waals surface area contributed by atoms with Gasteiger partial charge in [-0.3, -0.25) is 0 Å². The lowest BCUT2D eigenvalue weighted by atomic mass is 10.2. The van der Waals surface area contributed by atoms with Crippen LogP contribution in [0.5, 0.6) is 0 Å². The Morgan fingerprint density at radius 1 is 1.29 bits per heavy atom. The molecule has 14 heavy (non-hydrogen) atoms. The van der Waals surface area contributed by atoms with Gasteiger partial charge in [0.2, 0.25) is 0 Å². The van der Waals surface area contributed by atoms with E-state index in [9.17, 15) is 9.59 Å². The number of benzene rings is 1. The summed E-state index contributed by atoms with van der Waals surface area (Å²) in [6.07, 6.45) is -1.57. The topological polar surface area (TPSA) is 63.6 Å². The van der Waals surface area contributed by atoms with Gasteiger partial charge in [0, 0.05) is 5.75 Å². The van der Waals surface area contributed by atoms with Gasteiger partial charge in [0.05, 0.1) is 0 Å². The second-order valence-electron chi connectivity index (χ2n) is 2.39. The normalized spacial score (nSPS) is 9.43. The van der Waals surface area contributed by atoms with Crippen LogP contribution in [0.25, 0.3) is 0 Å². The summed E-state index contributed by atoms with van der Waals surface area (Å²) >= 11 is 0.816. The van der Waals surface area contributed by atoms with Crippen molar-refractivity contribution < 1.29 is 19.4 Å². The molecule has 0 aromatic heterocycles. The first-order valence-corrected chi connectivity index (χ1v) is 4.78. The van der Waals surface area contributed by atoms with Gasteiger partial charge in [-0.25, -0.2) is 9.59 Å². The Morgan fingerprint density at radius 3 is 2.50 bits per heavy atom. The Labute approximate surface area is 84.9 Å². The van der Waals surface area contributed by atoms with Crippen molar-refractivity contribution in [3.05, 3.63) is 35.9 Å². The van der Waals surface area contributed by atoms with E-state index < -0.39 is 11.5 Å². The molecule has 1 N–H and O–H groups in total. The number of carboxylic acid groups (broad SMARTS) is 1. The molecule has 0 aliphatic rings. The van der Waals surface area contributed by atoms with Gasteiger partial charge in [0.25, 0.3) is 0 Å². The fourth-order valence-corrected chi connectivity index (χ4v) is 1.42. The van der Waals surface area contributed by atoms with E-state index >= 15 is 0 Å². The lowest BCUT2D eigenvalue weighted by Crippen LogP contribution is -2.04. The SMILES string of the molecule is O=C(O)OC(=O)SCc1ccccc1. The number of carbonyl (C=O) groups is 2. The zero-order chi connectivity index (χ0) is 10.4. The minimum Gasteiger partial charge on any atom is -0.449 e. The fraction of sp³-hybridized carbons (Fsp3) is 0.111. The number of rotatable bonds is 2. The Hall–Kier alpha value is -1.49. The van der Waals surface area contributed by atoms with Crippen LogP contribution in [0, 0.1) is 0 Å². The predicted molar refractivity (Wildman–Crippen MR) is 52.2 cm³/mol. The number of carbonyl (C=O) groups excluding carboxylic acids is 1. The zero-order valence-corrected chi connectivity index (χ0v) is 7.99. The van der Waals surface area contributed by atoms with Crippen LogP contribution in [0.2, 0.25) is 0 Å². The van der Waals surface area contributed by atoms with Gasteiger partial charge >= 0.3 is 11.5 Å². The molecule has 0 unspecified atom stereocenters. The van der Waals surface area contributed by atoms with E-state index in [2.05, 4.69) is 4.74 Å². The molecule has 1 rings (SSSR count). The second kappa shape index (κ2) is 5.29. The maximum Gasteiger partial charge on any atom is 0.514 e. The van der Waals surface area contributed by atoms with E-state index in [0.717, 1.165) is 17.3 Å². The lowest BCUT2D eigenvalue weighted by molar-refractivity contribution is 0.121. The highest BCUT2D eigenvalue weighted by Gasteiger charge is 2.08. The molecule has 5 heteroatoms. The van der Waals surface area contributed by atoms with Gasteiger partial charge in [0.1, 0.15) is 0 Å². The molecule has 0 bridgehead atoms. The summed E-state index contributed by atoms with van der Waals surface area (Å²) in [4.78, 5) is 20.8. The third kappa shape index (κ3) is 3.95. The summed E-state index contributed by atoms with van der Waals surface area (Å²) in [6.45, 7) is 0. The molecule has 0 fully saturated rings. The fourth-order valence-electron chi connectivity index (χ4n) is 0.817. The van der Waals surface area contributed by atoms with Gasteiger partial charge < -0.3 is 9.84 Å². The molecule has 0 atom stereocenters. The standard InChI is InChI=1S/C9H8O4S/c10-8(11)13-9(12)14-6-7-4-2-1-3-5-7/h1-5H,6H2,(H,10,11). The second-order valence-corrected chi connectivity index (χ2v) is 3.30. The van der Waals surface area contributed by atoms with Crippen molar-refractivity contribution in [2.24, 2.45) is 0 Å². The Kier molecular flexibility index (Phi) is 4.00. The third-order valence-corrected chi connectivity index (χ3v) is 2.17. The molecule has 0 amide bonds. The molecular weight excluding hydrogens is 204 g/mol. The van der Waals surface area contributed by atoms with Crippen LogP contribution in [-0.4, -0.2) is 16.6 Å². The van der Waals surface area contributed by atoms with Gasteiger partial charge in [-0.15, -0.1) is 0 Å². The molecule has 0 heterocycles. The van der Waals surface area contributed by atoms with Gasteiger partial charge in [-0.2, -0.15) is 0 Å². The third-order valence-electron chi connectivity index (χ3n) is 1.37. The highest BCUT2D eigenvalue weighted by molar-refractivity contribution is 8.12. The van der Waals surface area contributed by atoms with Crippen molar-refractivity contribution in [3.63, 3.8) is 0 Å². The van der Waals surface area contributed by atoms with Gasteiger partial charge in [-0.05, 0) is 17.3 Å². The predicted octanol–water partition coefficient (Wildman–Crippen LogP) is 2.73. The summed E-state index contributed by atoms with van der Waals surface area (Å²) in [5.74, 6) is 0.410. The van der Waals surface area contributed by atoms with Gasteiger partial charge in [0.15, 0.2) is 0 Å². The molecule has 0 saturated heterocycles. The van der Waals surface area contributed by atoms with Crippen LogP contribution < -0.4 is 0 Å². The van der Waals surface area contributed by atoms with Crippen LogP contribution in [0.15, 0.2) is 30.3 Å². The van der Waals surface area contributed by atoms with Crippen molar-refractivity contribution in [1.29, 1.82) is 0 Å². The molecule has 1 aromatic carbocycles. The van der Waals surface area contributed by atoms with Crippen molar-refractivity contribution in [3.8, 4) is 0 Å². The van der Waals surface area contributed by atoms with Gasteiger partial charge in [-0.1, -0.05) is 30.3 Å². The van der Waals surface area contributed by atoms with Crippen molar-refractivity contribution in [2.75, 3.05) is 0 Å². The Balaban J connectivity index is 2.34. The van der Waals surface area contributed by atoms with E-state index in [0.29, 0.717) is 5.75 Å². The van der Waals surface area contributed by atoms with Crippen LogP contribution in [-0.2, 0) is 10.5 Å². The van der Waals surface area contributed by atoms with E-state index in [-0.39, 0.29) is 0 Å². The van der Waals surface area contributed by atoms with Crippen LogP contribution >= 0.6 is 11.8 Å². The quantitative estimate of drug-likeness (QED) is 0.603. The molecule has 0 spiro atoms. The maximum atomic E-state index is 10.8. The van der Waals surface area contributed by atoms with Crippen LogP contribution in [0.1, 0.15) is 5.56 Å². The zero-order valence-electron chi connectivity index (χ0n) is 7.17. The molecule has 0 aliphatic carbocycles. The number of ether oxygens (including phenoxy) is 1. The number of hydrogen-bond donors (Lipinski definition) is 1. The summed E-state index contributed by atoms with van der Waals surface area (Å²) in [5, 5.41) is 7.32. The monoisotopic (exact) mass is 212 g/mol. The van der Waals surface area contributed by atoms with Crippen molar-refractivity contribution in [2.45, 2.75) is 5.75 Å². The molecule has 0 aliphatic heterocycles. The van der Waals surface area contributed by atoms with E-state index in [1.807, 2.05) is 30.3 Å². The molecule has 0 radical (unpaired) electrons.